The fraction of sp³-hybridized carbons (Fsp3) is 0. The maximum atomic E-state index is 5.57. The summed E-state index contributed by atoms with van der Waals surface area (Å²) in [7, 11) is 0. The summed E-state index contributed by atoms with van der Waals surface area (Å²) in [6, 6.07) is 17.7. The first-order valence-corrected chi connectivity index (χ1v) is 5.75. The molecule has 88 valence electrons. The molecule has 0 radical (unpaired) electrons. The van der Waals surface area contributed by atoms with Crippen molar-refractivity contribution in [2.75, 3.05) is 5.32 Å². The molecule has 0 atom stereocenters. The van der Waals surface area contributed by atoms with Crippen molar-refractivity contribution < 1.29 is 4.42 Å². The average molecular weight is 236 g/mol. The van der Waals surface area contributed by atoms with Gasteiger partial charge in [0.05, 0.1) is 0 Å². The van der Waals surface area contributed by atoms with E-state index in [1.54, 1.807) is 0 Å². The normalized spacial score (nSPS) is 11.1. The Balaban J connectivity index is 1.76. The predicted molar refractivity (Wildman–Crippen MR) is 73.1 cm³/mol. The molecule has 2 aromatic carbocycles. The van der Waals surface area contributed by atoms with Crippen LogP contribution in [0.2, 0.25) is 0 Å². The van der Waals surface area contributed by atoms with Gasteiger partial charge in [-0.1, -0.05) is 30.3 Å². The summed E-state index contributed by atoms with van der Waals surface area (Å²) >= 11 is 0. The van der Waals surface area contributed by atoms with E-state index < -0.39 is 0 Å². The molecule has 18 heavy (non-hydrogen) atoms. The molecule has 0 saturated carbocycles. The van der Waals surface area contributed by atoms with E-state index in [-0.39, 0.29) is 0 Å². The van der Waals surface area contributed by atoms with Crippen LogP contribution in [0.3, 0.4) is 0 Å². The van der Waals surface area contributed by atoms with E-state index in [0.29, 0.717) is 5.89 Å². The van der Waals surface area contributed by atoms with Crippen molar-refractivity contribution in [3.63, 3.8) is 0 Å². The third-order valence-corrected chi connectivity index (χ3v) is 2.56. The van der Waals surface area contributed by atoms with E-state index in [0.717, 1.165) is 16.8 Å². The van der Waals surface area contributed by atoms with Gasteiger partial charge in [0, 0.05) is 18.0 Å². The van der Waals surface area contributed by atoms with Crippen LogP contribution < -0.4 is 5.32 Å². The zero-order valence-corrected chi connectivity index (χ0v) is 9.71. The minimum absolute atomic E-state index is 0.597. The highest BCUT2D eigenvalue weighted by Crippen LogP contribution is 2.15. The van der Waals surface area contributed by atoms with Gasteiger partial charge in [-0.05, 0) is 24.3 Å². The van der Waals surface area contributed by atoms with Crippen molar-refractivity contribution in [1.29, 1.82) is 0 Å². The molecule has 1 heterocycles. The minimum Gasteiger partial charge on any atom is -0.437 e. The fourth-order valence-electron chi connectivity index (χ4n) is 1.70. The Bertz CT molecular complexity index is 638. The molecule has 3 nitrogen and oxygen atoms in total. The van der Waals surface area contributed by atoms with Crippen molar-refractivity contribution in [3.05, 3.63) is 66.7 Å². The highest BCUT2D eigenvalue weighted by atomic mass is 16.3. The zero-order valence-electron chi connectivity index (χ0n) is 9.71. The Morgan fingerprint density at radius 2 is 1.72 bits per heavy atom. The number of anilines is 1. The maximum absolute atomic E-state index is 5.57. The molecule has 3 heteroatoms. The molecular formula is C15H12N2O. The summed E-state index contributed by atoms with van der Waals surface area (Å²) in [4.78, 5) is 4.35. The summed E-state index contributed by atoms with van der Waals surface area (Å²) in [5, 5.41) is 3.16. The monoisotopic (exact) mass is 236 g/mol. The van der Waals surface area contributed by atoms with E-state index in [2.05, 4.69) is 10.3 Å². The summed E-state index contributed by atoms with van der Waals surface area (Å²) < 4.78 is 5.57. The molecule has 0 aliphatic rings. The number of hydrogen-bond donors (Lipinski definition) is 1. The first-order chi connectivity index (χ1) is 8.92. The highest BCUT2D eigenvalue weighted by molar-refractivity contribution is 5.73. The van der Waals surface area contributed by atoms with E-state index in [4.69, 9.17) is 4.42 Å². The van der Waals surface area contributed by atoms with Crippen molar-refractivity contribution >= 4 is 22.9 Å². The second kappa shape index (κ2) is 4.75. The number of nitrogens with zero attached hydrogens (tertiary/aromatic N) is 1. The van der Waals surface area contributed by atoms with E-state index in [9.17, 15) is 0 Å². The van der Waals surface area contributed by atoms with Gasteiger partial charge < -0.3 is 9.73 Å². The molecule has 0 unspecified atom stereocenters. The summed E-state index contributed by atoms with van der Waals surface area (Å²) in [6.45, 7) is 0. The van der Waals surface area contributed by atoms with Gasteiger partial charge in [0.1, 0.15) is 5.52 Å². The Morgan fingerprint density at radius 3 is 2.56 bits per heavy atom. The molecule has 3 aromatic rings. The first-order valence-electron chi connectivity index (χ1n) is 5.75. The van der Waals surface area contributed by atoms with Crippen LogP contribution in [0.1, 0.15) is 5.89 Å². The lowest BCUT2D eigenvalue weighted by Gasteiger charge is -1.97. The Morgan fingerprint density at radius 1 is 0.944 bits per heavy atom. The Kier molecular flexibility index (Phi) is 2.80. The van der Waals surface area contributed by atoms with Gasteiger partial charge in [0.2, 0.25) is 5.89 Å². The molecule has 0 fully saturated rings. The van der Waals surface area contributed by atoms with Gasteiger partial charge in [-0.2, -0.15) is 0 Å². The van der Waals surface area contributed by atoms with Gasteiger partial charge in [0.25, 0.3) is 0 Å². The SMILES string of the molecule is C(=Cc1nc2ccccc2o1)Nc1ccccc1. The highest BCUT2D eigenvalue weighted by Gasteiger charge is 2.00. The van der Waals surface area contributed by atoms with Crippen LogP contribution in [0.4, 0.5) is 5.69 Å². The van der Waals surface area contributed by atoms with Crippen LogP contribution in [-0.4, -0.2) is 4.98 Å². The number of para-hydroxylation sites is 3. The molecule has 0 aliphatic carbocycles. The smallest absolute Gasteiger partial charge is 0.221 e. The van der Waals surface area contributed by atoms with Crippen molar-refractivity contribution in [3.8, 4) is 0 Å². The molecule has 0 amide bonds. The number of aromatic nitrogens is 1. The molecule has 0 spiro atoms. The molecule has 1 N–H and O–H groups in total. The molecule has 1 aromatic heterocycles. The van der Waals surface area contributed by atoms with Crippen LogP contribution in [0.15, 0.2) is 65.2 Å². The minimum atomic E-state index is 0.597. The van der Waals surface area contributed by atoms with Crippen molar-refractivity contribution in [2.24, 2.45) is 0 Å². The number of fused-ring (bicyclic) bond motifs is 1. The summed E-state index contributed by atoms with van der Waals surface area (Å²) in [5.41, 5.74) is 2.71. The zero-order chi connectivity index (χ0) is 12.2. The first kappa shape index (κ1) is 10.6. The second-order valence-corrected chi connectivity index (χ2v) is 3.86. The van der Waals surface area contributed by atoms with Crippen LogP contribution in [-0.2, 0) is 0 Å². The van der Waals surface area contributed by atoms with Crippen LogP contribution >= 0.6 is 0 Å². The predicted octanol–water partition coefficient (Wildman–Crippen LogP) is 3.91. The number of oxazole rings is 1. The Labute approximate surface area is 105 Å². The van der Waals surface area contributed by atoms with Crippen LogP contribution in [0.5, 0.6) is 0 Å². The maximum Gasteiger partial charge on any atom is 0.221 e. The summed E-state index contributed by atoms with van der Waals surface area (Å²) in [6.07, 6.45) is 3.63. The quantitative estimate of drug-likeness (QED) is 0.749. The number of nitrogens with one attached hydrogen (secondary N) is 1. The number of rotatable bonds is 3. The van der Waals surface area contributed by atoms with E-state index >= 15 is 0 Å². The van der Waals surface area contributed by atoms with Gasteiger partial charge in [0.15, 0.2) is 5.58 Å². The average Bonchev–Trinajstić information content (AvgIpc) is 2.82. The Hall–Kier alpha value is -2.55. The lowest BCUT2D eigenvalue weighted by atomic mass is 10.3. The fourth-order valence-corrected chi connectivity index (χ4v) is 1.70. The molecule has 0 bridgehead atoms. The van der Waals surface area contributed by atoms with Crippen molar-refractivity contribution in [2.45, 2.75) is 0 Å². The van der Waals surface area contributed by atoms with E-state index in [1.807, 2.05) is 66.9 Å². The number of hydrogen-bond acceptors (Lipinski definition) is 3. The second-order valence-electron chi connectivity index (χ2n) is 3.86. The van der Waals surface area contributed by atoms with Crippen molar-refractivity contribution in [1.82, 2.24) is 4.98 Å². The molecule has 0 aliphatic heterocycles. The van der Waals surface area contributed by atoms with Crippen LogP contribution in [0.25, 0.3) is 17.2 Å². The lowest BCUT2D eigenvalue weighted by molar-refractivity contribution is 0.589. The van der Waals surface area contributed by atoms with Gasteiger partial charge in [-0.25, -0.2) is 4.98 Å². The topological polar surface area (TPSA) is 38.1 Å². The van der Waals surface area contributed by atoms with Gasteiger partial charge >= 0.3 is 0 Å². The van der Waals surface area contributed by atoms with Gasteiger partial charge in [-0.3, -0.25) is 0 Å². The standard InChI is InChI=1S/C15H12N2O/c1-2-6-12(7-3-1)16-11-10-15-17-13-8-4-5-9-14(13)18-15/h1-11,16H. The molecular weight excluding hydrogens is 224 g/mol. The molecule has 0 saturated heterocycles. The lowest BCUT2D eigenvalue weighted by Crippen LogP contribution is -1.85. The third kappa shape index (κ3) is 2.25. The largest absolute Gasteiger partial charge is 0.437 e. The van der Waals surface area contributed by atoms with E-state index in [1.165, 1.54) is 0 Å². The molecule has 3 rings (SSSR count). The third-order valence-electron chi connectivity index (χ3n) is 2.56. The summed E-state index contributed by atoms with van der Waals surface area (Å²) in [5.74, 6) is 0.597. The van der Waals surface area contributed by atoms with Crippen LogP contribution in [0, 0.1) is 0 Å². The number of benzene rings is 2. The van der Waals surface area contributed by atoms with Gasteiger partial charge in [-0.15, -0.1) is 0 Å².